The van der Waals surface area contributed by atoms with Gasteiger partial charge in [0.15, 0.2) is 6.61 Å². The van der Waals surface area contributed by atoms with Crippen molar-refractivity contribution in [1.82, 2.24) is 0 Å². The fraction of sp³-hybridized carbons (Fsp3) is 0.235. The van der Waals surface area contributed by atoms with E-state index in [1.807, 2.05) is 55.5 Å². The summed E-state index contributed by atoms with van der Waals surface area (Å²) in [5.41, 5.74) is 0.659. The maximum absolute atomic E-state index is 12.0. The summed E-state index contributed by atoms with van der Waals surface area (Å²) in [7, 11) is 0. The van der Waals surface area contributed by atoms with Crippen LogP contribution in [0.15, 0.2) is 48.5 Å². The molecule has 0 saturated heterocycles. The van der Waals surface area contributed by atoms with Gasteiger partial charge in [-0.3, -0.25) is 4.79 Å². The first-order valence-corrected chi connectivity index (χ1v) is 8.17. The van der Waals surface area contributed by atoms with Gasteiger partial charge in [0, 0.05) is 3.57 Å². The van der Waals surface area contributed by atoms with Gasteiger partial charge in [-0.05, 0) is 65.4 Å². The van der Waals surface area contributed by atoms with E-state index < -0.39 is 0 Å². The van der Waals surface area contributed by atoms with E-state index >= 15 is 0 Å². The Hall–Kier alpha value is -1.76. The SMILES string of the molecule is CCCOc1ccccc1NC(=O)COc1ccc(I)cc1. The van der Waals surface area contributed by atoms with E-state index in [1.165, 1.54) is 0 Å². The number of nitrogens with one attached hydrogen (secondary N) is 1. The van der Waals surface area contributed by atoms with E-state index in [-0.39, 0.29) is 12.5 Å². The summed E-state index contributed by atoms with van der Waals surface area (Å²) in [6.07, 6.45) is 0.915. The first-order chi connectivity index (χ1) is 10.7. The Morgan fingerprint density at radius 1 is 1.09 bits per heavy atom. The van der Waals surface area contributed by atoms with Crippen molar-refractivity contribution in [3.63, 3.8) is 0 Å². The monoisotopic (exact) mass is 411 g/mol. The Kier molecular flexibility index (Phi) is 6.51. The molecule has 0 fully saturated rings. The van der Waals surface area contributed by atoms with Gasteiger partial charge < -0.3 is 14.8 Å². The number of halogens is 1. The zero-order chi connectivity index (χ0) is 15.8. The van der Waals surface area contributed by atoms with E-state index in [0.717, 1.165) is 9.99 Å². The van der Waals surface area contributed by atoms with Crippen LogP contribution in [0.2, 0.25) is 0 Å². The van der Waals surface area contributed by atoms with Gasteiger partial charge in [0.05, 0.1) is 12.3 Å². The Bertz CT molecular complexity index is 614. The Morgan fingerprint density at radius 2 is 1.82 bits per heavy atom. The van der Waals surface area contributed by atoms with E-state index in [2.05, 4.69) is 27.9 Å². The van der Waals surface area contributed by atoms with E-state index in [4.69, 9.17) is 9.47 Å². The zero-order valence-electron chi connectivity index (χ0n) is 12.3. The molecule has 116 valence electrons. The molecule has 0 aliphatic heterocycles. The van der Waals surface area contributed by atoms with Crippen molar-refractivity contribution in [2.24, 2.45) is 0 Å². The van der Waals surface area contributed by atoms with Crippen LogP contribution in [-0.2, 0) is 4.79 Å². The minimum atomic E-state index is -0.217. The van der Waals surface area contributed by atoms with Crippen molar-refractivity contribution in [1.29, 1.82) is 0 Å². The molecule has 5 heteroatoms. The molecule has 0 saturated carbocycles. The second-order valence-electron chi connectivity index (χ2n) is 4.64. The van der Waals surface area contributed by atoms with Gasteiger partial charge in [0.25, 0.3) is 5.91 Å². The van der Waals surface area contributed by atoms with Crippen molar-refractivity contribution in [2.45, 2.75) is 13.3 Å². The number of rotatable bonds is 7. The smallest absolute Gasteiger partial charge is 0.262 e. The van der Waals surface area contributed by atoms with Crippen molar-refractivity contribution in [2.75, 3.05) is 18.5 Å². The second-order valence-corrected chi connectivity index (χ2v) is 5.88. The summed E-state index contributed by atoms with van der Waals surface area (Å²) in [4.78, 5) is 12.0. The molecule has 0 aromatic heterocycles. The van der Waals surface area contributed by atoms with Crippen molar-refractivity contribution in [3.05, 3.63) is 52.1 Å². The lowest BCUT2D eigenvalue weighted by molar-refractivity contribution is -0.118. The van der Waals surface area contributed by atoms with Crippen LogP contribution < -0.4 is 14.8 Å². The van der Waals surface area contributed by atoms with E-state index in [1.54, 1.807) is 0 Å². The highest BCUT2D eigenvalue weighted by molar-refractivity contribution is 14.1. The number of benzene rings is 2. The fourth-order valence-electron chi connectivity index (χ4n) is 1.77. The van der Waals surface area contributed by atoms with Crippen LogP contribution in [0.5, 0.6) is 11.5 Å². The molecule has 0 aliphatic rings. The summed E-state index contributed by atoms with van der Waals surface area (Å²) < 4.78 is 12.2. The van der Waals surface area contributed by atoms with Crippen molar-refractivity contribution < 1.29 is 14.3 Å². The van der Waals surface area contributed by atoms with Crippen LogP contribution >= 0.6 is 22.6 Å². The summed E-state index contributed by atoms with van der Waals surface area (Å²) in [5.74, 6) is 1.13. The molecule has 0 bridgehead atoms. The number of carbonyl (C=O) groups is 1. The van der Waals surface area contributed by atoms with Crippen LogP contribution in [0.1, 0.15) is 13.3 Å². The molecule has 0 atom stereocenters. The molecule has 0 unspecified atom stereocenters. The lowest BCUT2D eigenvalue weighted by Gasteiger charge is -2.12. The topological polar surface area (TPSA) is 47.6 Å². The first-order valence-electron chi connectivity index (χ1n) is 7.09. The lowest BCUT2D eigenvalue weighted by Crippen LogP contribution is -2.20. The predicted molar refractivity (Wildman–Crippen MR) is 95.5 cm³/mol. The number of hydrogen-bond acceptors (Lipinski definition) is 3. The van der Waals surface area contributed by atoms with Gasteiger partial charge in [0.1, 0.15) is 11.5 Å². The highest BCUT2D eigenvalue weighted by Crippen LogP contribution is 2.23. The predicted octanol–water partition coefficient (Wildman–Crippen LogP) is 4.10. The molecule has 0 spiro atoms. The lowest BCUT2D eigenvalue weighted by atomic mass is 10.3. The van der Waals surface area contributed by atoms with Crippen LogP contribution in [0.4, 0.5) is 5.69 Å². The molecule has 1 N–H and O–H groups in total. The highest BCUT2D eigenvalue weighted by atomic mass is 127. The quantitative estimate of drug-likeness (QED) is 0.699. The van der Waals surface area contributed by atoms with Gasteiger partial charge in [-0.2, -0.15) is 0 Å². The van der Waals surface area contributed by atoms with Crippen LogP contribution in [0.3, 0.4) is 0 Å². The van der Waals surface area contributed by atoms with Gasteiger partial charge in [-0.25, -0.2) is 0 Å². The van der Waals surface area contributed by atoms with Gasteiger partial charge in [-0.15, -0.1) is 0 Å². The molecular formula is C17H18INO3. The molecule has 2 rings (SSSR count). The number of amides is 1. The zero-order valence-corrected chi connectivity index (χ0v) is 14.5. The average molecular weight is 411 g/mol. The van der Waals surface area contributed by atoms with Crippen LogP contribution in [-0.4, -0.2) is 19.1 Å². The normalized spacial score (nSPS) is 10.1. The summed E-state index contributed by atoms with van der Waals surface area (Å²) in [6.45, 7) is 2.62. The maximum Gasteiger partial charge on any atom is 0.262 e. The molecule has 1 amide bonds. The van der Waals surface area contributed by atoms with Gasteiger partial charge in [0.2, 0.25) is 0 Å². The van der Waals surface area contributed by atoms with Crippen molar-refractivity contribution in [3.8, 4) is 11.5 Å². The standard InChI is InChI=1S/C17H18INO3/c1-2-11-21-16-6-4-3-5-15(16)19-17(20)12-22-14-9-7-13(18)8-10-14/h3-10H,2,11-12H2,1H3,(H,19,20). The average Bonchev–Trinajstić information content (AvgIpc) is 2.53. The minimum Gasteiger partial charge on any atom is -0.491 e. The number of hydrogen-bond donors (Lipinski definition) is 1. The molecule has 2 aromatic rings. The molecule has 0 aliphatic carbocycles. The largest absolute Gasteiger partial charge is 0.491 e. The highest BCUT2D eigenvalue weighted by Gasteiger charge is 2.08. The third-order valence-electron chi connectivity index (χ3n) is 2.81. The third-order valence-corrected chi connectivity index (χ3v) is 3.53. The molecule has 0 radical (unpaired) electrons. The molecule has 0 heterocycles. The van der Waals surface area contributed by atoms with Crippen molar-refractivity contribution >= 4 is 34.2 Å². The molecule has 4 nitrogen and oxygen atoms in total. The van der Waals surface area contributed by atoms with Crippen LogP contribution in [0, 0.1) is 3.57 Å². The second kappa shape index (κ2) is 8.63. The number of ether oxygens (including phenoxy) is 2. The number of anilines is 1. The molecule has 2 aromatic carbocycles. The summed E-state index contributed by atoms with van der Waals surface area (Å²) >= 11 is 2.22. The fourth-order valence-corrected chi connectivity index (χ4v) is 2.13. The minimum absolute atomic E-state index is 0.0390. The van der Waals surface area contributed by atoms with Crippen LogP contribution in [0.25, 0.3) is 0 Å². The Morgan fingerprint density at radius 3 is 2.55 bits per heavy atom. The maximum atomic E-state index is 12.0. The molecular weight excluding hydrogens is 393 g/mol. The van der Waals surface area contributed by atoms with E-state index in [0.29, 0.717) is 23.8 Å². The van der Waals surface area contributed by atoms with Gasteiger partial charge in [-0.1, -0.05) is 19.1 Å². The Balaban J connectivity index is 1.90. The summed E-state index contributed by atoms with van der Waals surface area (Å²) in [6, 6.07) is 14.9. The number of carbonyl (C=O) groups excluding carboxylic acids is 1. The Labute approximate surface area is 144 Å². The molecule has 22 heavy (non-hydrogen) atoms. The summed E-state index contributed by atoms with van der Waals surface area (Å²) in [5, 5.41) is 2.81. The third kappa shape index (κ3) is 5.22. The van der Waals surface area contributed by atoms with Gasteiger partial charge >= 0.3 is 0 Å². The first kappa shape index (κ1) is 16.6. The van der Waals surface area contributed by atoms with E-state index in [9.17, 15) is 4.79 Å². The number of para-hydroxylation sites is 2.